The predicted molar refractivity (Wildman–Crippen MR) is 156 cm³/mol. The minimum Gasteiger partial charge on any atom is -0.493 e. The van der Waals surface area contributed by atoms with E-state index in [4.69, 9.17) is 4.74 Å². The molecular weight excluding hydrogens is 516 g/mol. The molecule has 1 aromatic rings. The first kappa shape index (κ1) is 32.0. The van der Waals surface area contributed by atoms with Gasteiger partial charge >= 0.3 is 0 Å². The van der Waals surface area contributed by atoms with Gasteiger partial charge in [-0.3, -0.25) is 0 Å². The van der Waals surface area contributed by atoms with Crippen LogP contribution in [0, 0.1) is 17.8 Å². The van der Waals surface area contributed by atoms with Crippen molar-refractivity contribution in [1.29, 1.82) is 0 Å². The maximum absolute atomic E-state index is 11.0. The van der Waals surface area contributed by atoms with Crippen LogP contribution in [0.3, 0.4) is 0 Å². The van der Waals surface area contributed by atoms with E-state index in [1.54, 1.807) is 0 Å². The summed E-state index contributed by atoms with van der Waals surface area (Å²) in [4.78, 5) is 10.8. The van der Waals surface area contributed by atoms with Crippen molar-refractivity contribution >= 4 is 24.2 Å². The minimum atomic E-state index is -2.24. The second kappa shape index (κ2) is 15.9. The lowest BCUT2D eigenvalue weighted by Crippen LogP contribution is -2.40. The van der Waals surface area contributed by atoms with Gasteiger partial charge in [-0.25, -0.2) is 0 Å². The highest BCUT2D eigenvalue weighted by molar-refractivity contribution is 9.10. The van der Waals surface area contributed by atoms with E-state index < -0.39 is 14.4 Å². The molecular formula is C30H49BrO3Si. The standard InChI is InChI=1S/C30H49BrO3Si/c1-8-11-13-17-24(23-30(4,5)35(6,7)33)18-14-15-19-27(32)29-25(16-10-3)28(21-20-26(29)31)34-22-12-9-2/h10,20-21,24,27,32-33H,3,8-9,11-14,16-18,22-23H2,1-2,4-7H3/t24-,27?/m0/s1. The monoisotopic (exact) mass is 564 g/mol. The molecule has 0 spiro atoms. The molecule has 0 aromatic heterocycles. The summed E-state index contributed by atoms with van der Waals surface area (Å²) in [5, 5.41) is 11.0. The molecule has 1 aromatic carbocycles. The van der Waals surface area contributed by atoms with Crippen LogP contribution >= 0.6 is 15.9 Å². The smallest absolute Gasteiger partial charge is 0.188 e. The Labute approximate surface area is 225 Å². The normalized spacial score (nSPS) is 13.6. The lowest BCUT2D eigenvalue weighted by Gasteiger charge is -2.38. The number of ether oxygens (including phenoxy) is 1. The molecule has 0 aliphatic rings. The van der Waals surface area contributed by atoms with Gasteiger partial charge in [0, 0.05) is 22.0 Å². The SMILES string of the molecule is C=CCc1c(OCCCC)ccc(Br)c1C(O)C#CCC[C@H](CCCCC)CC(C)(C)[Si](C)(C)O. The zero-order valence-electron chi connectivity index (χ0n) is 23.1. The van der Waals surface area contributed by atoms with Gasteiger partial charge in [-0.1, -0.05) is 87.7 Å². The molecule has 198 valence electrons. The Hall–Kier alpha value is -1.06. The second-order valence-corrected chi connectivity index (χ2v) is 16.2. The Morgan fingerprint density at radius 2 is 1.83 bits per heavy atom. The number of rotatable bonds is 16. The van der Waals surface area contributed by atoms with Gasteiger partial charge in [0.15, 0.2) is 8.32 Å². The molecule has 0 heterocycles. The second-order valence-electron chi connectivity index (χ2n) is 10.9. The summed E-state index contributed by atoms with van der Waals surface area (Å²) in [7, 11) is -2.24. The Balaban J connectivity index is 2.98. The molecule has 2 atom stereocenters. The van der Waals surface area contributed by atoms with Gasteiger partial charge in [0.2, 0.25) is 0 Å². The van der Waals surface area contributed by atoms with Crippen molar-refractivity contribution in [1.82, 2.24) is 0 Å². The van der Waals surface area contributed by atoms with Crippen molar-refractivity contribution in [2.45, 2.75) is 116 Å². The number of hydrogen-bond donors (Lipinski definition) is 2. The van der Waals surface area contributed by atoms with Gasteiger partial charge in [-0.15, -0.1) is 12.5 Å². The molecule has 0 radical (unpaired) electrons. The van der Waals surface area contributed by atoms with E-state index in [2.05, 4.69) is 62.0 Å². The van der Waals surface area contributed by atoms with Crippen LogP contribution in [-0.2, 0) is 6.42 Å². The largest absolute Gasteiger partial charge is 0.493 e. The Morgan fingerprint density at radius 3 is 2.43 bits per heavy atom. The van der Waals surface area contributed by atoms with Crippen LogP contribution in [0.2, 0.25) is 18.1 Å². The van der Waals surface area contributed by atoms with Crippen LogP contribution in [0.1, 0.15) is 103 Å². The number of allylic oxidation sites excluding steroid dienone is 1. The zero-order chi connectivity index (χ0) is 26.5. The van der Waals surface area contributed by atoms with E-state index in [1.165, 1.54) is 25.7 Å². The van der Waals surface area contributed by atoms with Crippen molar-refractivity contribution < 1.29 is 14.6 Å². The minimum absolute atomic E-state index is 0.0283. The summed E-state index contributed by atoms with van der Waals surface area (Å²) in [5.74, 6) is 7.69. The number of benzene rings is 1. The predicted octanol–water partition coefficient (Wildman–Crippen LogP) is 8.74. The van der Waals surface area contributed by atoms with Crippen molar-refractivity contribution in [2.24, 2.45) is 5.92 Å². The van der Waals surface area contributed by atoms with E-state index in [9.17, 15) is 9.90 Å². The topological polar surface area (TPSA) is 49.7 Å². The summed E-state index contributed by atoms with van der Waals surface area (Å²) >= 11 is 3.62. The third-order valence-electron chi connectivity index (χ3n) is 7.23. The lowest BCUT2D eigenvalue weighted by atomic mass is 9.88. The molecule has 3 nitrogen and oxygen atoms in total. The summed E-state index contributed by atoms with van der Waals surface area (Å²) < 4.78 is 6.85. The number of halogens is 1. The fourth-order valence-electron chi connectivity index (χ4n) is 4.25. The number of unbranched alkanes of at least 4 members (excludes halogenated alkanes) is 3. The molecule has 0 fully saturated rings. The van der Waals surface area contributed by atoms with Gasteiger partial charge in [-0.2, -0.15) is 0 Å². The van der Waals surface area contributed by atoms with Gasteiger partial charge in [-0.05, 0) is 61.9 Å². The summed E-state index contributed by atoms with van der Waals surface area (Å²) in [6.07, 6.45) is 11.3. The molecule has 1 rings (SSSR count). The Kier molecular flexibility index (Phi) is 14.5. The molecule has 0 aliphatic heterocycles. The first-order valence-corrected chi connectivity index (χ1v) is 17.2. The Bertz CT molecular complexity index is 832. The van der Waals surface area contributed by atoms with Crippen LogP contribution in [0.5, 0.6) is 5.75 Å². The van der Waals surface area contributed by atoms with Gasteiger partial charge in [0.1, 0.15) is 11.9 Å². The maximum Gasteiger partial charge on any atom is 0.188 e. The molecule has 35 heavy (non-hydrogen) atoms. The van der Waals surface area contributed by atoms with Crippen LogP contribution in [0.4, 0.5) is 0 Å². The van der Waals surface area contributed by atoms with Crippen molar-refractivity contribution in [3.8, 4) is 17.6 Å². The van der Waals surface area contributed by atoms with E-state index in [0.717, 1.165) is 53.5 Å². The van der Waals surface area contributed by atoms with Crippen LogP contribution in [-0.4, -0.2) is 24.8 Å². The van der Waals surface area contributed by atoms with E-state index >= 15 is 0 Å². The quantitative estimate of drug-likeness (QED) is 0.0912. The molecule has 0 saturated carbocycles. The fraction of sp³-hybridized carbons (Fsp3) is 0.667. The maximum atomic E-state index is 11.0. The third kappa shape index (κ3) is 10.8. The number of aliphatic hydroxyl groups excluding tert-OH is 1. The molecule has 0 saturated heterocycles. The molecule has 5 heteroatoms. The van der Waals surface area contributed by atoms with Crippen LogP contribution < -0.4 is 4.74 Å². The van der Waals surface area contributed by atoms with Crippen molar-refractivity contribution in [3.05, 3.63) is 40.4 Å². The molecule has 1 unspecified atom stereocenters. The van der Waals surface area contributed by atoms with E-state index in [0.29, 0.717) is 18.9 Å². The van der Waals surface area contributed by atoms with Crippen molar-refractivity contribution in [3.63, 3.8) is 0 Å². The highest BCUT2D eigenvalue weighted by Gasteiger charge is 2.39. The molecule has 0 bridgehead atoms. The zero-order valence-corrected chi connectivity index (χ0v) is 25.6. The fourth-order valence-corrected chi connectivity index (χ4v) is 5.63. The first-order valence-electron chi connectivity index (χ1n) is 13.4. The molecule has 2 N–H and O–H groups in total. The van der Waals surface area contributed by atoms with Crippen LogP contribution in [0.15, 0.2) is 29.3 Å². The molecule has 0 aliphatic carbocycles. The highest BCUT2D eigenvalue weighted by Crippen LogP contribution is 2.43. The first-order chi connectivity index (χ1) is 16.5. The number of hydrogen-bond acceptors (Lipinski definition) is 3. The Morgan fingerprint density at radius 1 is 1.14 bits per heavy atom. The van der Waals surface area contributed by atoms with Crippen molar-refractivity contribution in [2.75, 3.05) is 6.61 Å². The average molecular weight is 566 g/mol. The van der Waals surface area contributed by atoms with Gasteiger partial charge in [0.05, 0.1) is 6.61 Å². The average Bonchev–Trinajstić information content (AvgIpc) is 2.77. The van der Waals surface area contributed by atoms with E-state index in [1.807, 2.05) is 31.3 Å². The van der Waals surface area contributed by atoms with E-state index in [-0.39, 0.29) is 5.04 Å². The lowest BCUT2D eigenvalue weighted by molar-refractivity contribution is 0.234. The van der Waals surface area contributed by atoms with Crippen LogP contribution in [0.25, 0.3) is 0 Å². The summed E-state index contributed by atoms with van der Waals surface area (Å²) in [6, 6.07) is 3.89. The van der Waals surface area contributed by atoms with Gasteiger partial charge < -0.3 is 14.6 Å². The number of aliphatic hydroxyl groups is 1. The summed E-state index contributed by atoms with van der Waals surface area (Å²) in [6.45, 7) is 17.5. The highest BCUT2D eigenvalue weighted by atomic mass is 79.9. The van der Waals surface area contributed by atoms with Gasteiger partial charge in [0.25, 0.3) is 0 Å². The molecule has 0 amide bonds. The third-order valence-corrected chi connectivity index (χ3v) is 11.4. The summed E-state index contributed by atoms with van der Waals surface area (Å²) in [5.41, 5.74) is 1.72.